The van der Waals surface area contributed by atoms with Gasteiger partial charge in [-0.05, 0) is 12.8 Å². The van der Waals surface area contributed by atoms with Gasteiger partial charge in [-0.25, -0.2) is 4.79 Å². The van der Waals surface area contributed by atoms with Crippen molar-refractivity contribution in [2.24, 2.45) is 5.92 Å². The first-order valence-corrected chi connectivity index (χ1v) is 5.40. The number of carbonyl (C=O) groups excluding carboxylic acids is 1. The van der Waals surface area contributed by atoms with Gasteiger partial charge in [0.1, 0.15) is 0 Å². The third-order valence-electron chi connectivity index (χ3n) is 2.12. The maximum atomic E-state index is 11.2. The van der Waals surface area contributed by atoms with Gasteiger partial charge in [0.2, 0.25) is 0 Å². The van der Waals surface area contributed by atoms with Crippen molar-refractivity contribution in [1.29, 1.82) is 0 Å². The van der Waals surface area contributed by atoms with Gasteiger partial charge >= 0.3 is 5.97 Å². The summed E-state index contributed by atoms with van der Waals surface area (Å²) in [7, 11) is 0. The van der Waals surface area contributed by atoms with Crippen molar-refractivity contribution in [3.05, 3.63) is 0 Å². The maximum Gasteiger partial charge on any atom is 0.346 e. The van der Waals surface area contributed by atoms with Crippen LogP contribution in [0, 0.1) is 5.92 Å². The molecule has 1 fully saturated rings. The van der Waals surface area contributed by atoms with Crippen molar-refractivity contribution in [1.82, 2.24) is 0 Å². The summed E-state index contributed by atoms with van der Waals surface area (Å²) in [5.41, 5.74) is 0. The van der Waals surface area contributed by atoms with Gasteiger partial charge in [-0.3, -0.25) is 4.89 Å². The van der Waals surface area contributed by atoms with Crippen LogP contribution < -0.4 is 0 Å². The fourth-order valence-corrected chi connectivity index (χ4v) is 1.61. The van der Waals surface area contributed by atoms with E-state index in [-0.39, 0.29) is 11.9 Å². The van der Waals surface area contributed by atoms with Crippen molar-refractivity contribution in [2.45, 2.75) is 32.1 Å². The molecule has 0 amide bonds. The van der Waals surface area contributed by atoms with Crippen LogP contribution in [0.1, 0.15) is 32.1 Å². The molecule has 3 nitrogen and oxygen atoms in total. The highest BCUT2D eigenvalue weighted by molar-refractivity contribution is 7.93. The average Bonchev–Trinajstić information content (AvgIpc) is 2.15. The van der Waals surface area contributed by atoms with E-state index in [1.54, 1.807) is 6.26 Å². The molecule has 0 aromatic carbocycles. The molecule has 12 heavy (non-hydrogen) atoms. The minimum atomic E-state index is -0.205. The summed E-state index contributed by atoms with van der Waals surface area (Å²) in [4.78, 5) is 15.8. The van der Waals surface area contributed by atoms with Gasteiger partial charge < -0.3 is 0 Å². The van der Waals surface area contributed by atoms with Crippen molar-refractivity contribution >= 4 is 18.0 Å². The largest absolute Gasteiger partial charge is 0.346 e. The fourth-order valence-electron chi connectivity index (χ4n) is 1.47. The molecule has 1 saturated carbocycles. The molecule has 0 unspecified atom stereocenters. The molecule has 0 bridgehead atoms. The molecule has 0 heterocycles. The highest BCUT2D eigenvalue weighted by Gasteiger charge is 2.23. The van der Waals surface area contributed by atoms with Crippen molar-refractivity contribution in [3.8, 4) is 0 Å². The first-order chi connectivity index (χ1) is 5.84. The smallest absolute Gasteiger partial charge is 0.286 e. The van der Waals surface area contributed by atoms with E-state index in [1.165, 1.54) is 6.42 Å². The second kappa shape index (κ2) is 5.43. The monoisotopic (exact) mass is 190 g/mol. The van der Waals surface area contributed by atoms with E-state index in [1.807, 2.05) is 0 Å². The van der Waals surface area contributed by atoms with E-state index in [2.05, 4.69) is 9.22 Å². The molecule has 1 aliphatic rings. The Morgan fingerprint density at radius 3 is 2.58 bits per heavy atom. The zero-order valence-corrected chi connectivity index (χ0v) is 8.06. The molecule has 0 aliphatic heterocycles. The molecule has 0 saturated heterocycles. The quantitative estimate of drug-likeness (QED) is 0.388. The minimum Gasteiger partial charge on any atom is -0.286 e. The van der Waals surface area contributed by atoms with Crippen LogP contribution in [0.15, 0.2) is 0 Å². The van der Waals surface area contributed by atoms with Crippen LogP contribution in [0.5, 0.6) is 0 Å². The zero-order chi connectivity index (χ0) is 8.81. The van der Waals surface area contributed by atoms with E-state index in [0.29, 0.717) is 0 Å². The Balaban J connectivity index is 2.20. The predicted molar refractivity (Wildman–Crippen MR) is 47.3 cm³/mol. The Bertz CT molecular complexity index is 143. The van der Waals surface area contributed by atoms with Gasteiger partial charge in [0, 0.05) is 18.3 Å². The maximum absolute atomic E-state index is 11.2. The van der Waals surface area contributed by atoms with Crippen molar-refractivity contribution in [2.75, 3.05) is 6.26 Å². The molecule has 0 radical (unpaired) electrons. The topological polar surface area (TPSA) is 35.5 Å². The van der Waals surface area contributed by atoms with Crippen molar-refractivity contribution < 1.29 is 14.0 Å². The highest BCUT2D eigenvalue weighted by Crippen LogP contribution is 2.24. The number of rotatable bonds is 3. The van der Waals surface area contributed by atoms with E-state index in [4.69, 9.17) is 0 Å². The summed E-state index contributed by atoms with van der Waals surface area (Å²) in [5.74, 6) is -0.130. The summed E-state index contributed by atoms with van der Waals surface area (Å²) in [6.45, 7) is 0. The molecule has 4 heteroatoms. The first-order valence-electron chi connectivity index (χ1n) is 4.26. The molecule has 1 rings (SSSR count). The molecular weight excluding hydrogens is 176 g/mol. The Kier molecular flexibility index (Phi) is 4.46. The molecule has 70 valence electrons. The fraction of sp³-hybridized carbons (Fsp3) is 0.875. The molecular formula is C8H14O3S. The lowest BCUT2D eigenvalue weighted by molar-refractivity contribution is -0.212. The first kappa shape index (κ1) is 9.86. The lowest BCUT2D eigenvalue weighted by atomic mass is 9.89. The van der Waals surface area contributed by atoms with Gasteiger partial charge in [-0.15, -0.1) is 4.33 Å². The number of hydrogen-bond donors (Lipinski definition) is 0. The van der Waals surface area contributed by atoms with Crippen LogP contribution in [-0.2, 0) is 14.0 Å². The standard InChI is InChI=1S/C8H14O3S/c1-12-11-10-8(9)7-5-3-2-4-6-7/h7H,2-6H2,1H3. The number of hydrogen-bond acceptors (Lipinski definition) is 4. The van der Waals surface area contributed by atoms with Gasteiger partial charge in [-0.1, -0.05) is 19.3 Å². The minimum absolute atomic E-state index is 0.0749. The van der Waals surface area contributed by atoms with Crippen LogP contribution >= 0.6 is 12.0 Å². The lowest BCUT2D eigenvalue weighted by Crippen LogP contribution is -2.19. The number of carbonyl (C=O) groups is 1. The van der Waals surface area contributed by atoms with Crippen LogP contribution in [0.4, 0.5) is 0 Å². The SMILES string of the molecule is CSOOC(=O)C1CCCCC1. The van der Waals surface area contributed by atoms with Gasteiger partial charge in [0.25, 0.3) is 0 Å². The third-order valence-corrected chi connectivity index (χ3v) is 2.33. The van der Waals surface area contributed by atoms with Crippen LogP contribution in [-0.4, -0.2) is 12.2 Å². The van der Waals surface area contributed by atoms with E-state index >= 15 is 0 Å². The Labute approximate surface area is 76.9 Å². The van der Waals surface area contributed by atoms with Gasteiger partial charge in [0.05, 0.1) is 5.92 Å². The van der Waals surface area contributed by atoms with Crippen molar-refractivity contribution in [3.63, 3.8) is 0 Å². The second-order valence-electron chi connectivity index (χ2n) is 2.97. The Morgan fingerprint density at radius 1 is 1.33 bits per heavy atom. The van der Waals surface area contributed by atoms with E-state index in [9.17, 15) is 4.79 Å². The summed E-state index contributed by atoms with van der Waals surface area (Å²) in [5, 5.41) is 0. The molecule has 0 spiro atoms. The van der Waals surface area contributed by atoms with E-state index < -0.39 is 0 Å². The lowest BCUT2D eigenvalue weighted by Gasteiger charge is -2.18. The molecule has 0 aromatic rings. The van der Waals surface area contributed by atoms with Gasteiger partial charge in [0.15, 0.2) is 0 Å². The Morgan fingerprint density at radius 2 is 2.00 bits per heavy atom. The summed E-state index contributed by atoms with van der Waals surface area (Å²) in [6.07, 6.45) is 7.15. The molecule has 0 aromatic heterocycles. The summed E-state index contributed by atoms with van der Waals surface area (Å²) in [6, 6.07) is 0. The summed E-state index contributed by atoms with van der Waals surface area (Å²) >= 11 is 1.05. The predicted octanol–water partition coefficient (Wildman–Crippen LogP) is 2.32. The highest BCUT2D eigenvalue weighted by atomic mass is 32.2. The summed E-state index contributed by atoms with van der Waals surface area (Å²) < 4.78 is 4.52. The molecule has 0 N–H and O–H groups in total. The zero-order valence-electron chi connectivity index (χ0n) is 7.25. The van der Waals surface area contributed by atoms with E-state index in [0.717, 1.165) is 37.7 Å². The molecule has 1 aliphatic carbocycles. The van der Waals surface area contributed by atoms with Gasteiger partial charge in [-0.2, -0.15) is 0 Å². The average molecular weight is 190 g/mol. The van der Waals surface area contributed by atoms with Crippen LogP contribution in [0.2, 0.25) is 0 Å². The van der Waals surface area contributed by atoms with Crippen LogP contribution in [0.3, 0.4) is 0 Å². The normalized spacial score (nSPS) is 19.1. The molecule has 0 atom stereocenters. The second-order valence-corrected chi connectivity index (χ2v) is 3.44. The van der Waals surface area contributed by atoms with Crippen LogP contribution in [0.25, 0.3) is 0 Å². The Hall–Kier alpha value is -0.220. The third kappa shape index (κ3) is 3.03.